The minimum atomic E-state index is 0.561. The summed E-state index contributed by atoms with van der Waals surface area (Å²) in [4.78, 5) is 0. The van der Waals surface area contributed by atoms with Crippen molar-refractivity contribution in [1.29, 1.82) is 0 Å². The lowest BCUT2D eigenvalue weighted by Gasteiger charge is -2.33. The third-order valence-corrected chi connectivity index (χ3v) is 4.67. The SMILES string of the molecule is CCCC1CCC(C(CCCC(C)C)NN)CC1. The van der Waals surface area contributed by atoms with Crippen LogP contribution in [0.2, 0.25) is 0 Å². The fourth-order valence-corrected chi connectivity index (χ4v) is 3.49. The van der Waals surface area contributed by atoms with Crippen molar-refractivity contribution in [1.82, 2.24) is 5.43 Å². The van der Waals surface area contributed by atoms with Crippen LogP contribution in [0.4, 0.5) is 0 Å². The Hall–Kier alpha value is -0.0800. The van der Waals surface area contributed by atoms with Gasteiger partial charge in [-0.25, -0.2) is 0 Å². The molecule has 1 rings (SSSR count). The number of nitrogens with two attached hydrogens (primary N) is 1. The van der Waals surface area contributed by atoms with Crippen LogP contribution in [0.1, 0.15) is 78.6 Å². The average Bonchev–Trinajstić information content (AvgIpc) is 2.36. The van der Waals surface area contributed by atoms with Crippen molar-refractivity contribution in [2.24, 2.45) is 23.6 Å². The highest BCUT2D eigenvalue weighted by Gasteiger charge is 2.26. The fraction of sp³-hybridized carbons (Fsp3) is 1.00. The lowest BCUT2D eigenvalue weighted by atomic mass is 9.76. The van der Waals surface area contributed by atoms with Crippen molar-refractivity contribution in [2.45, 2.75) is 84.6 Å². The molecule has 2 heteroatoms. The summed E-state index contributed by atoms with van der Waals surface area (Å²) in [5, 5.41) is 0. The summed E-state index contributed by atoms with van der Waals surface area (Å²) >= 11 is 0. The second-order valence-electron chi connectivity index (χ2n) is 6.67. The summed E-state index contributed by atoms with van der Waals surface area (Å²) in [6.45, 7) is 6.92. The lowest BCUT2D eigenvalue weighted by molar-refractivity contribution is 0.204. The molecule has 108 valence electrons. The quantitative estimate of drug-likeness (QED) is 0.502. The molecule has 3 N–H and O–H groups in total. The summed E-state index contributed by atoms with van der Waals surface area (Å²) in [5.74, 6) is 8.42. The van der Waals surface area contributed by atoms with Crippen LogP contribution >= 0.6 is 0 Å². The number of rotatable bonds is 8. The lowest BCUT2D eigenvalue weighted by Crippen LogP contribution is -2.42. The van der Waals surface area contributed by atoms with Crippen molar-refractivity contribution >= 4 is 0 Å². The second kappa shape index (κ2) is 8.92. The Balaban J connectivity index is 2.25. The van der Waals surface area contributed by atoms with E-state index in [0.717, 1.165) is 17.8 Å². The fourth-order valence-electron chi connectivity index (χ4n) is 3.49. The van der Waals surface area contributed by atoms with E-state index in [1.807, 2.05) is 0 Å². The molecule has 0 aromatic carbocycles. The molecule has 2 nitrogen and oxygen atoms in total. The van der Waals surface area contributed by atoms with Crippen LogP contribution in [-0.4, -0.2) is 6.04 Å². The Bertz CT molecular complexity index is 195. The van der Waals surface area contributed by atoms with Crippen molar-refractivity contribution in [3.05, 3.63) is 0 Å². The van der Waals surface area contributed by atoms with Gasteiger partial charge in [0.15, 0.2) is 0 Å². The van der Waals surface area contributed by atoms with Gasteiger partial charge in [0.25, 0.3) is 0 Å². The predicted molar refractivity (Wildman–Crippen MR) is 80.2 cm³/mol. The first-order valence-corrected chi connectivity index (χ1v) is 8.13. The molecule has 1 aliphatic rings. The van der Waals surface area contributed by atoms with Gasteiger partial charge >= 0.3 is 0 Å². The van der Waals surface area contributed by atoms with E-state index in [2.05, 4.69) is 26.2 Å². The molecule has 0 aliphatic heterocycles. The highest BCUT2D eigenvalue weighted by molar-refractivity contribution is 4.80. The first kappa shape index (κ1) is 16.0. The Morgan fingerprint density at radius 2 is 1.78 bits per heavy atom. The van der Waals surface area contributed by atoms with E-state index < -0.39 is 0 Å². The van der Waals surface area contributed by atoms with Crippen LogP contribution in [0.15, 0.2) is 0 Å². The van der Waals surface area contributed by atoms with Gasteiger partial charge in [0.2, 0.25) is 0 Å². The van der Waals surface area contributed by atoms with Gasteiger partial charge in [0, 0.05) is 6.04 Å². The summed E-state index contributed by atoms with van der Waals surface area (Å²) in [6, 6.07) is 0.561. The summed E-state index contributed by atoms with van der Waals surface area (Å²) < 4.78 is 0. The third kappa shape index (κ3) is 5.71. The smallest absolute Gasteiger partial charge is 0.0238 e. The maximum absolute atomic E-state index is 5.76. The van der Waals surface area contributed by atoms with E-state index in [1.165, 1.54) is 57.8 Å². The molecule has 0 amide bonds. The van der Waals surface area contributed by atoms with Gasteiger partial charge in [-0.1, -0.05) is 59.3 Å². The molecule has 1 atom stereocenters. The topological polar surface area (TPSA) is 38.0 Å². The highest BCUT2D eigenvalue weighted by Crippen LogP contribution is 2.34. The molecule has 0 saturated heterocycles. The standard InChI is InChI=1S/C16H34N2/c1-4-6-14-9-11-15(12-10-14)16(18-17)8-5-7-13(2)3/h13-16,18H,4-12,17H2,1-3H3. The number of nitrogens with one attached hydrogen (secondary N) is 1. The van der Waals surface area contributed by atoms with Gasteiger partial charge in [-0.05, 0) is 37.0 Å². The van der Waals surface area contributed by atoms with Crippen LogP contribution < -0.4 is 11.3 Å². The molecule has 0 radical (unpaired) electrons. The molecule has 1 saturated carbocycles. The molecule has 18 heavy (non-hydrogen) atoms. The van der Waals surface area contributed by atoms with Crippen LogP contribution in [0.5, 0.6) is 0 Å². The van der Waals surface area contributed by atoms with Crippen LogP contribution in [0.25, 0.3) is 0 Å². The molecule has 0 aromatic heterocycles. The number of hydrogen-bond donors (Lipinski definition) is 2. The van der Waals surface area contributed by atoms with Gasteiger partial charge in [0.1, 0.15) is 0 Å². The number of hydrazine groups is 1. The maximum Gasteiger partial charge on any atom is 0.0238 e. The minimum absolute atomic E-state index is 0.561. The van der Waals surface area contributed by atoms with Crippen LogP contribution in [-0.2, 0) is 0 Å². The van der Waals surface area contributed by atoms with E-state index in [-0.39, 0.29) is 0 Å². The molecular formula is C16H34N2. The van der Waals surface area contributed by atoms with Gasteiger partial charge in [-0.2, -0.15) is 0 Å². The monoisotopic (exact) mass is 254 g/mol. The van der Waals surface area contributed by atoms with Gasteiger partial charge < -0.3 is 0 Å². The van der Waals surface area contributed by atoms with Crippen LogP contribution in [0.3, 0.4) is 0 Å². The second-order valence-corrected chi connectivity index (χ2v) is 6.67. The molecule has 0 aromatic rings. The molecule has 0 heterocycles. The van der Waals surface area contributed by atoms with E-state index in [0.29, 0.717) is 6.04 Å². The Labute approximate surface area is 114 Å². The van der Waals surface area contributed by atoms with Crippen molar-refractivity contribution in [2.75, 3.05) is 0 Å². The third-order valence-electron chi connectivity index (χ3n) is 4.67. The maximum atomic E-state index is 5.76. The zero-order valence-electron chi connectivity index (χ0n) is 12.8. The van der Waals surface area contributed by atoms with Gasteiger partial charge in [0.05, 0.1) is 0 Å². The highest BCUT2D eigenvalue weighted by atomic mass is 15.2. The Morgan fingerprint density at radius 1 is 1.11 bits per heavy atom. The zero-order valence-corrected chi connectivity index (χ0v) is 12.8. The van der Waals surface area contributed by atoms with E-state index in [1.54, 1.807) is 0 Å². The normalized spacial score (nSPS) is 26.5. The van der Waals surface area contributed by atoms with E-state index in [4.69, 9.17) is 5.84 Å². The first-order valence-electron chi connectivity index (χ1n) is 8.13. The van der Waals surface area contributed by atoms with Gasteiger partial charge in [-0.15, -0.1) is 0 Å². The summed E-state index contributed by atoms with van der Waals surface area (Å²) in [7, 11) is 0. The predicted octanol–water partition coefficient (Wildman–Crippen LogP) is 4.25. The van der Waals surface area contributed by atoms with E-state index >= 15 is 0 Å². The number of hydrogen-bond acceptors (Lipinski definition) is 2. The van der Waals surface area contributed by atoms with Gasteiger partial charge in [-0.3, -0.25) is 11.3 Å². The van der Waals surface area contributed by atoms with Crippen molar-refractivity contribution < 1.29 is 0 Å². The molecular weight excluding hydrogens is 220 g/mol. The van der Waals surface area contributed by atoms with Crippen molar-refractivity contribution in [3.63, 3.8) is 0 Å². The van der Waals surface area contributed by atoms with Crippen molar-refractivity contribution in [3.8, 4) is 0 Å². The van der Waals surface area contributed by atoms with Crippen LogP contribution in [0, 0.1) is 17.8 Å². The Morgan fingerprint density at radius 3 is 2.28 bits per heavy atom. The average molecular weight is 254 g/mol. The largest absolute Gasteiger partial charge is 0.271 e. The Kier molecular flexibility index (Phi) is 7.92. The van der Waals surface area contributed by atoms with E-state index in [9.17, 15) is 0 Å². The molecule has 1 aliphatic carbocycles. The summed E-state index contributed by atoms with van der Waals surface area (Å²) in [5.41, 5.74) is 3.09. The summed E-state index contributed by atoms with van der Waals surface area (Å²) in [6.07, 6.45) is 12.3. The molecule has 1 unspecified atom stereocenters. The first-order chi connectivity index (χ1) is 8.67. The zero-order chi connectivity index (χ0) is 13.4. The molecule has 0 spiro atoms. The molecule has 0 bridgehead atoms. The molecule has 1 fully saturated rings. The minimum Gasteiger partial charge on any atom is -0.271 e.